The van der Waals surface area contributed by atoms with Gasteiger partial charge in [-0.25, -0.2) is 21.4 Å². The first-order chi connectivity index (χ1) is 10.8. The molecule has 0 atom stereocenters. The predicted molar refractivity (Wildman–Crippen MR) is 84.8 cm³/mol. The number of rotatable bonds is 6. The van der Waals surface area contributed by atoms with Crippen molar-refractivity contribution in [1.82, 2.24) is 0 Å². The Morgan fingerprint density at radius 1 is 0.696 bits per heavy atom. The zero-order valence-electron chi connectivity index (χ0n) is 11.8. The van der Waals surface area contributed by atoms with Crippen LogP contribution in [0.1, 0.15) is 0 Å². The quantitative estimate of drug-likeness (QED) is 0.586. The fourth-order valence-electron chi connectivity index (χ4n) is 1.66. The highest BCUT2D eigenvalue weighted by atomic mass is 32.2. The van der Waals surface area contributed by atoms with Gasteiger partial charge < -0.3 is 9.05 Å². The summed E-state index contributed by atoms with van der Waals surface area (Å²) in [6, 6.07) is 10.7. The summed E-state index contributed by atoms with van der Waals surface area (Å²) in [4.78, 5) is 0.225. The molecule has 0 saturated carbocycles. The Morgan fingerprint density at radius 2 is 1.00 bits per heavy atom. The number of thiol groups is 2. The summed E-state index contributed by atoms with van der Waals surface area (Å²) in [5.41, 5.74) is 0. The van der Waals surface area contributed by atoms with Gasteiger partial charge in [0.15, 0.2) is 21.4 Å². The molecule has 0 aliphatic rings. The summed E-state index contributed by atoms with van der Waals surface area (Å²) >= 11 is 0. The predicted octanol–water partition coefficient (Wildman–Crippen LogP) is 1.91. The van der Waals surface area contributed by atoms with Crippen LogP contribution in [0.15, 0.2) is 58.3 Å². The number of benzene rings is 2. The van der Waals surface area contributed by atoms with Crippen molar-refractivity contribution in [3.63, 3.8) is 0 Å². The van der Waals surface area contributed by atoms with Gasteiger partial charge in [-0.05, 0) is 48.5 Å². The zero-order valence-corrected chi connectivity index (χ0v) is 14.5. The van der Waals surface area contributed by atoms with Gasteiger partial charge in [0.2, 0.25) is 0 Å². The highest BCUT2D eigenvalue weighted by Gasteiger charge is 2.20. The first kappa shape index (κ1) is 17.5. The fourth-order valence-corrected chi connectivity index (χ4v) is 3.49. The molecule has 0 amide bonds. The Hall–Kier alpha value is -1.83. The molecule has 0 heterocycles. The van der Waals surface area contributed by atoms with Crippen LogP contribution in [-0.2, 0) is 26.0 Å². The van der Waals surface area contributed by atoms with Crippen molar-refractivity contribution < 1.29 is 30.4 Å². The van der Waals surface area contributed by atoms with E-state index < -0.39 is 29.0 Å². The third-order valence-electron chi connectivity index (χ3n) is 2.64. The van der Waals surface area contributed by atoms with E-state index in [1.54, 1.807) is 0 Å². The average molecular weight is 376 g/mol. The molecule has 0 spiro atoms. The monoisotopic (exact) mass is 376 g/mol. The summed E-state index contributed by atoms with van der Waals surface area (Å²) < 4.78 is 65.9. The summed E-state index contributed by atoms with van der Waals surface area (Å²) in [5, 5.41) is 0. The largest absolute Gasteiger partial charge is 0.427 e. The molecule has 2 aromatic carbocycles. The molecule has 23 heavy (non-hydrogen) atoms. The maximum absolute atomic E-state index is 12.3. The van der Waals surface area contributed by atoms with Crippen molar-refractivity contribution >= 4 is 29.0 Å². The minimum atomic E-state index is -3.52. The fraction of sp³-hybridized carbons (Fsp3) is 0.0769. The van der Waals surface area contributed by atoms with Crippen molar-refractivity contribution in [3.8, 4) is 11.5 Å². The highest BCUT2D eigenvalue weighted by Crippen LogP contribution is 2.44. The minimum absolute atomic E-state index is 0.113. The van der Waals surface area contributed by atoms with E-state index in [4.69, 9.17) is 9.05 Å². The Kier molecular flexibility index (Phi) is 5.46. The molecular weight excluding hydrogens is 363 g/mol. The van der Waals surface area contributed by atoms with Gasteiger partial charge in [-0.2, -0.15) is 0 Å². The molecule has 0 aromatic heterocycles. The Balaban J connectivity index is 2.10. The lowest BCUT2D eigenvalue weighted by molar-refractivity contribution is 0.393. The summed E-state index contributed by atoms with van der Waals surface area (Å²) in [7, 11) is -8.91. The van der Waals surface area contributed by atoms with Crippen LogP contribution in [-0.4, -0.2) is 23.5 Å². The van der Waals surface area contributed by atoms with Crippen LogP contribution in [0.4, 0.5) is 0 Å². The van der Waals surface area contributed by atoms with Gasteiger partial charge in [-0.15, -0.1) is 0 Å². The minimum Gasteiger partial charge on any atom is -0.416 e. The lowest BCUT2D eigenvalue weighted by Gasteiger charge is -2.16. The van der Waals surface area contributed by atoms with Crippen LogP contribution >= 0.6 is 7.60 Å². The Morgan fingerprint density at radius 3 is 1.26 bits per heavy atom. The second kappa shape index (κ2) is 7.16. The van der Waals surface area contributed by atoms with Gasteiger partial charge in [0, 0.05) is 0 Å². The van der Waals surface area contributed by atoms with E-state index >= 15 is 0 Å². The van der Waals surface area contributed by atoms with Crippen molar-refractivity contribution in [2.45, 2.75) is 9.79 Å². The average Bonchev–Trinajstić information content (AvgIpc) is 2.47. The maximum Gasteiger partial charge on any atom is 0.427 e. The second-order valence-corrected chi connectivity index (χ2v) is 8.42. The van der Waals surface area contributed by atoms with Crippen molar-refractivity contribution in [2.24, 2.45) is 0 Å². The molecule has 7 nitrogen and oxygen atoms in total. The molecule has 0 saturated heterocycles. The number of hydrogen-bond donors (Lipinski definition) is 2. The lowest BCUT2D eigenvalue weighted by atomic mass is 10.3. The van der Waals surface area contributed by atoms with Gasteiger partial charge in [-0.3, -0.25) is 0 Å². The first-order valence-corrected chi connectivity index (χ1v) is 10.6. The molecular formula is C13H13O7PS2. The van der Waals surface area contributed by atoms with E-state index in [0.717, 1.165) is 0 Å². The van der Waals surface area contributed by atoms with Crippen LogP contribution < -0.4 is 9.05 Å². The standard InChI is InChI=1S/C13H13O7PS2/c1-21(14,19-10-2-6-12(7-3-10)22(15)16)20-11-4-8-13(9-5-11)23(17)18/h2-9,22-23H,1H3. The molecule has 0 radical (unpaired) electrons. The molecule has 2 rings (SSSR count). The molecule has 2 aromatic rings. The summed E-state index contributed by atoms with van der Waals surface area (Å²) in [6.07, 6.45) is 0. The van der Waals surface area contributed by atoms with Crippen LogP contribution in [0.25, 0.3) is 0 Å². The normalized spacial score (nSPS) is 11.6. The van der Waals surface area contributed by atoms with Gasteiger partial charge in [0.05, 0.1) is 16.5 Å². The van der Waals surface area contributed by atoms with Gasteiger partial charge in [0.25, 0.3) is 0 Å². The van der Waals surface area contributed by atoms with Crippen molar-refractivity contribution in [2.75, 3.05) is 6.66 Å². The van der Waals surface area contributed by atoms with E-state index in [-0.39, 0.29) is 21.3 Å². The SMILES string of the molecule is CP(=O)(Oc1ccc([SH](=O)=O)cc1)Oc1ccc([SH](=O)=O)cc1. The molecule has 0 unspecified atom stereocenters. The maximum atomic E-state index is 12.3. The van der Waals surface area contributed by atoms with Crippen LogP contribution in [0.3, 0.4) is 0 Å². The Labute approximate surface area is 136 Å². The van der Waals surface area contributed by atoms with E-state index in [9.17, 15) is 21.4 Å². The third kappa shape index (κ3) is 5.09. The summed E-state index contributed by atoms with van der Waals surface area (Å²) in [5.74, 6) is 0.381. The van der Waals surface area contributed by atoms with Gasteiger partial charge in [-0.1, -0.05) is 0 Å². The van der Waals surface area contributed by atoms with Crippen LogP contribution in [0.5, 0.6) is 11.5 Å². The number of hydrogen-bond acceptors (Lipinski definition) is 7. The Bertz CT molecular complexity index is 796. The third-order valence-corrected chi connectivity index (χ3v) is 5.16. The van der Waals surface area contributed by atoms with Gasteiger partial charge in [0.1, 0.15) is 11.5 Å². The lowest BCUT2D eigenvalue weighted by Crippen LogP contribution is -1.99. The van der Waals surface area contributed by atoms with E-state index in [1.807, 2.05) is 0 Å². The van der Waals surface area contributed by atoms with Crippen LogP contribution in [0, 0.1) is 0 Å². The first-order valence-electron chi connectivity index (χ1n) is 6.22. The molecule has 0 N–H and O–H groups in total. The van der Waals surface area contributed by atoms with E-state index in [1.165, 1.54) is 55.2 Å². The van der Waals surface area contributed by atoms with Crippen LogP contribution in [0.2, 0.25) is 0 Å². The second-order valence-electron chi connectivity index (χ2n) is 4.46. The summed E-state index contributed by atoms with van der Waals surface area (Å²) in [6.45, 7) is 1.25. The molecule has 0 bridgehead atoms. The highest BCUT2D eigenvalue weighted by molar-refractivity contribution is 7.72. The molecule has 0 aliphatic carbocycles. The molecule has 10 heteroatoms. The zero-order chi connectivity index (χ0) is 17.0. The molecule has 0 fully saturated rings. The topological polar surface area (TPSA) is 104 Å². The van der Waals surface area contributed by atoms with Crippen molar-refractivity contribution in [1.29, 1.82) is 0 Å². The van der Waals surface area contributed by atoms with E-state index in [0.29, 0.717) is 0 Å². The van der Waals surface area contributed by atoms with Gasteiger partial charge >= 0.3 is 7.60 Å². The molecule has 0 aliphatic heterocycles. The van der Waals surface area contributed by atoms with E-state index in [2.05, 4.69) is 0 Å². The molecule has 124 valence electrons. The van der Waals surface area contributed by atoms with Crippen molar-refractivity contribution in [3.05, 3.63) is 48.5 Å². The smallest absolute Gasteiger partial charge is 0.416 e.